The monoisotopic (exact) mass is 363 g/mol. The summed E-state index contributed by atoms with van der Waals surface area (Å²) < 4.78 is 11.4. The van der Waals surface area contributed by atoms with Gasteiger partial charge in [-0.3, -0.25) is 4.79 Å². The molecule has 0 aliphatic heterocycles. The van der Waals surface area contributed by atoms with Crippen molar-refractivity contribution in [3.8, 4) is 11.5 Å². The quantitative estimate of drug-likeness (QED) is 0.690. The van der Waals surface area contributed by atoms with Crippen LogP contribution < -0.4 is 15.2 Å². The van der Waals surface area contributed by atoms with Crippen LogP contribution in [0.2, 0.25) is 0 Å². The Morgan fingerprint density at radius 2 is 2.05 bits per heavy atom. The first-order valence-electron chi connectivity index (χ1n) is 5.96. The highest BCUT2D eigenvalue weighted by atomic mass is 79.9. The lowest BCUT2D eigenvalue weighted by Crippen LogP contribution is -2.30. The number of halogens is 1. The number of nitrogens with two attached hydrogens (primary N) is 1. The molecule has 0 fully saturated rings. The lowest BCUT2D eigenvalue weighted by molar-refractivity contribution is -0.138. The van der Waals surface area contributed by atoms with E-state index in [4.69, 9.17) is 20.3 Å². The van der Waals surface area contributed by atoms with E-state index >= 15 is 0 Å². The molecule has 0 bridgehead atoms. The van der Waals surface area contributed by atoms with Crippen molar-refractivity contribution >= 4 is 33.7 Å². The number of hydrogen-bond donors (Lipinski definition) is 2. The van der Waals surface area contributed by atoms with Gasteiger partial charge in [0.05, 0.1) is 18.7 Å². The normalized spacial score (nSPS) is 12.0. The smallest absolute Gasteiger partial charge is 0.320 e. The zero-order chi connectivity index (χ0) is 15.1. The van der Waals surface area contributed by atoms with Gasteiger partial charge in [-0.15, -0.1) is 0 Å². The summed E-state index contributed by atoms with van der Waals surface area (Å²) in [5.41, 5.74) is 6.46. The van der Waals surface area contributed by atoms with Gasteiger partial charge in [-0.2, -0.15) is 11.8 Å². The van der Waals surface area contributed by atoms with Crippen molar-refractivity contribution in [3.63, 3.8) is 0 Å². The molecule has 1 atom stereocenters. The predicted octanol–water partition coefficient (Wildman–Crippen LogP) is 2.50. The number of carboxylic acids is 1. The number of methoxy groups -OCH3 is 2. The van der Waals surface area contributed by atoms with E-state index in [2.05, 4.69) is 15.9 Å². The van der Waals surface area contributed by atoms with Crippen LogP contribution in [-0.4, -0.2) is 37.1 Å². The lowest BCUT2D eigenvalue weighted by atomic mass is 10.2. The molecule has 20 heavy (non-hydrogen) atoms. The number of carboxylic acid groups (broad SMARTS) is 1. The Morgan fingerprint density at radius 3 is 2.60 bits per heavy atom. The van der Waals surface area contributed by atoms with Gasteiger partial charge in [0.2, 0.25) is 0 Å². The van der Waals surface area contributed by atoms with E-state index in [-0.39, 0.29) is 0 Å². The number of hydrogen-bond acceptors (Lipinski definition) is 5. The second-order valence-electron chi connectivity index (χ2n) is 4.08. The Kier molecular flexibility index (Phi) is 7.18. The van der Waals surface area contributed by atoms with Crippen LogP contribution in [0.5, 0.6) is 11.5 Å². The molecule has 0 radical (unpaired) electrons. The molecule has 0 aromatic heterocycles. The topological polar surface area (TPSA) is 81.8 Å². The molecule has 7 heteroatoms. The minimum atomic E-state index is -0.964. The number of benzene rings is 1. The van der Waals surface area contributed by atoms with Gasteiger partial charge in [-0.05, 0) is 40.2 Å². The van der Waals surface area contributed by atoms with Gasteiger partial charge in [0.1, 0.15) is 17.5 Å². The molecule has 0 aliphatic rings. The molecule has 0 spiro atoms. The fourth-order valence-electron chi connectivity index (χ4n) is 1.55. The standard InChI is InChI=1S/C13H18BrNO4S/c1-18-11-6-9(14)12(19-2)5-8(11)7-20-4-3-10(15)13(16)17/h5-6,10H,3-4,7,15H2,1-2H3,(H,16,17). The Bertz CT molecular complexity index is 470. The summed E-state index contributed by atoms with van der Waals surface area (Å²) in [5, 5.41) is 8.70. The highest BCUT2D eigenvalue weighted by molar-refractivity contribution is 9.10. The van der Waals surface area contributed by atoms with Gasteiger partial charge in [0, 0.05) is 11.3 Å². The Hall–Kier alpha value is -0.920. The highest BCUT2D eigenvalue weighted by Gasteiger charge is 2.12. The van der Waals surface area contributed by atoms with Gasteiger partial charge in [0.15, 0.2) is 0 Å². The van der Waals surface area contributed by atoms with Crippen molar-refractivity contribution in [1.82, 2.24) is 0 Å². The molecule has 1 rings (SSSR count). The van der Waals surface area contributed by atoms with Crippen molar-refractivity contribution in [2.45, 2.75) is 18.2 Å². The Morgan fingerprint density at radius 1 is 1.40 bits per heavy atom. The molecule has 0 heterocycles. The summed E-state index contributed by atoms with van der Waals surface area (Å²) in [6, 6.07) is 2.97. The van der Waals surface area contributed by atoms with E-state index in [1.165, 1.54) is 0 Å². The van der Waals surface area contributed by atoms with Crippen LogP contribution in [0.4, 0.5) is 0 Å². The Balaban J connectivity index is 2.60. The summed E-state index contributed by atoms with van der Waals surface area (Å²) in [6.45, 7) is 0. The Labute approximate surface area is 130 Å². The summed E-state index contributed by atoms with van der Waals surface area (Å²) in [7, 11) is 3.22. The number of rotatable bonds is 8. The van der Waals surface area contributed by atoms with Crippen LogP contribution in [-0.2, 0) is 10.5 Å². The molecule has 0 amide bonds. The number of thioether (sulfide) groups is 1. The molecular formula is C13H18BrNO4S. The van der Waals surface area contributed by atoms with Crippen molar-refractivity contribution in [2.24, 2.45) is 5.73 Å². The van der Waals surface area contributed by atoms with Crippen molar-refractivity contribution in [3.05, 3.63) is 22.2 Å². The second kappa shape index (κ2) is 8.39. The van der Waals surface area contributed by atoms with Crippen LogP contribution >= 0.6 is 27.7 Å². The molecule has 112 valence electrons. The van der Waals surface area contributed by atoms with Gasteiger partial charge in [0.25, 0.3) is 0 Å². The maximum atomic E-state index is 10.6. The number of aliphatic carboxylic acids is 1. The van der Waals surface area contributed by atoms with Gasteiger partial charge in [-0.1, -0.05) is 0 Å². The zero-order valence-corrected chi connectivity index (χ0v) is 13.8. The van der Waals surface area contributed by atoms with Crippen molar-refractivity contribution < 1.29 is 19.4 Å². The fraction of sp³-hybridized carbons (Fsp3) is 0.462. The predicted molar refractivity (Wildman–Crippen MR) is 83.6 cm³/mol. The maximum absolute atomic E-state index is 10.6. The molecule has 0 saturated heterocycles. The van der Waals surface area contributed by atoms with Crippen LogP contribution in [0.1, 0.15) is 12.0 Å². The molecule has 1 unspecified atom stereocenters. The molecule has 5 nitrogen and oxygen atoms in total. The maximum Gasteiger partial charge on any atom is 0.320 e. The van der Waals surface area contributed by atoms with E-state index in [9.17, 15) is 4.79 Å². The van der Waals surface area contributed by atoms with E-state index in [0.717, 1.165) is 21.5 Å². The molecule has 1 aromatic rings. The summed E-state index contributed by atoms with van der Waals surface area (Å²) in [4.78, 5) is 10.6. The van der Waals surface area contributed by atoms with E-state index in [1.54, 1.807) is 26.0 Å². The first kappa shape index (κ1) is 17.1. The minimum Gasteiger partial charge on any atom is -0.496 e. The van der Waals surface area contributed by atoms with Crippen LogP contribution in [0.25, 0.3) is 0 Å². The van der Waals surface area contributed by atoms with Gasteiger partial charge >= 0.3 is 5.97 Å². The van der Waals surface area contributed by atoms with Crippen molar-refractivity contribution in [2.75, 3.05) is 20.0 Å². The third-order valence-electron chi connectivity index (χ3n) is 2.70. The van der Waals surface area contributed by atoms with Crippen molar-refractivity contribution in [1.29, 1.82) is 0 Å². The van der Waals surface area contributed by atoms with Crippen LogP contribution in [0.15, 0.2) is 16.6 Å². The third-order valence-corrected chi connectivity index (χ3v) is 4.36. The lowest BCUT2D eigenvalue weighted by Gasteiger charge is -2.12. The first-order valence-corrected chi connectivity index (χ1v) is 7.91. The summed E-state index contributed by atoms with van der Waals surface area (Å²) in [6.07, 6.45) is 0.440. The number of ether oxygens (including phenoxy) is 2. The SMILES string of the molecule is COc1cc(CSCCC(N)C(=O)O)c(OC)cc1Br. The van der Waals surface area contributed by atoms with Crippen LogP contribution in [0, 0.1) is 0 Å². The first-order chi connectivity index (χ1) is 9.49. The van der Waals surface area contributed by atoms with E-state index < -0.39 is 12.0 Å². The molecule has 3 N–H and O–H groups in total. The second-order valence-corrected chi connectivity index (χ2v) is 6.04. The van der Waals surface area contributed by atoms with Gasteiger partial charge in [-0.25, -0.2) is 0 Å². The summed E-state index contributed by atoms with van der Waals surface area (Å²) in [5.74, 6) is 1.93. The zero-order valence-electron chi connectivity index (χ0n) is 11.4. The third kappa shape index (κ3) is 4.88. The van der Waals surface area contributed by atoms with E-state index in [0.29, 0.717) is 17.9 Å². The molecule has 0 saturated carbocycles. The summed E-state index contributed by atoms with van der Waals surface area (Å²) >= 11 is 5.02. The van der Waals surface area contributed by atoms with Gasteiger partial charge < -0.3 is 20.3 Å². The average Bonchev–Trinajstić information content (AvgIpc) is 2.43. The average molecular weight is 364 g/mol. The minimum absolute atomic E-state index is 0.440. The molecule has 0 aliphatic carbocycles. The van der Waals surface area contributed by atoms with E-state index in [1.807, 2.05) is 12.1 Å². The molecule has 1 aromatic carbocycles. The van der Waals surface area contributed by atoms with Crippen LogP contribution in [0.3, 0.4) is 0 Å². The molecular weight excluding hydrogens is 346 g/mol. The largest absolute Gasteiger partial charge is 0.496 e. The fourth-order valence-corrected chi connectivity index (χ4v) is 3.05. The number of carbonyl (C=O) groups is 1. The highest BCUT2D eigenvalue weighted by Crippen LogP contribution is 2.34.